The molecule has 9 heteroatoms. The second kappa shape index (κ2) is 8.88. The molecule has 2 rings (SSSR count). The maximum Gasteiger partial charge on any atom is 0.307 e. The van der Waals surface area contributed by atoms with Crippen LogP contribution in [0.2, 0.25) is 0 Å². The molecule has 0 radical (unpaired) electrons. The Bertz CT molecular complexity index is 775. The minimum atomic E-state index is -0.938. The summed E-state index contributed by atoms with van der Waals surface area (Å²) >= 11 is 1.15. The third-order valence-corrected chi connectivity index (χ3v) is 3.86. The number of thioether (sulfide) groups is 1. The van der Waals surface area contributed by atoms with Crippen LogP contribution in [0.1, 0.15) is 11.3 Å². The Morgan fingerprint density at radius 2 is 1.88 bits per heavy atom. The van der Waals surface area contributed by atoms with E-state index in [1.54, 1.807) is 37.3 Å². The van der Waals surface area contributed by atoms with Gasteiger partial charge in [-0.05, 0) is 24.6 Å². The van der Waals surface area contributed by atoms with E-state index in [0.717, 1.165) is 11.8 Å². The Morgan fingerprint density at radius 3 is 2.52 bits per heavy atom. The van der Waals surface area contributed by atoms with Gasteiger partial charge in [0.2, 0.25) is 11.8 Å². The van der Waals surface area contributed by atoms with Crippen molar-refractivity contribution in [3.8, 4) is 0 Å². The largest absolute Gasteiger partial charge is 0.481 e. The van der Waals surface area contributed by atoms with E-state index in [-0.39, 0.29) is 29.7 Å². The molecule has 0 unspecified atom stereocenters. The number of nitrogens with one attached hydrogen (secondary N) is 2. The highest BCUT2D eigenvalue weighted by atomic mass is 32.2. The van der Waals surface area contributed by atoms with Crippen molar-refractivity contribution in [1.82, 2.24) is 5.16 Å². The molecule has 0 saturated carbocycles. The molecule has 0 aliphatic rings. The summed E-state index contributed by atoms with van der Waals surface area (Å²) in [6, 6.07) is 8.23. The minimum absolute atomic E-state index is 0.0917. The molecule has 0 saturated heterocycles. The lowest BCUT2D eigenvalue weighted by Gasteiger charge is -2.06. The Labute approximate surface area is 148 Å². The van der Waals surface area contributed by atoms with E-state index in [1.165, 1.54) is 0 Å². The highest BCUT2D eigenvalue weighted by Gasteiger charge is 2.09. The summed E-state index contributed by atoms with van der Waals surface area (Å²) in [5, 5.41) is 17.7. The molecule has 1 heterocycles. The lowest BCUT2D eigenvalue weighted by Crippen LogP contribution is -2.18. The first-order chi connectivity index (χ1) is 11.9. The van der Waals surface area contributed by atoms with Gasteiger partial charge < -0.3 is 20.3 Å². The van der Waals surface area contributed by atoms with Crippen molar-refractivity contribution in [2.75, 3.05) is 22.1 Å². The molecule has 1 aromatic heterocycles. The second-order valence-electron chi connectivity index (χ2n) is 5.18. The standard InChI is InChI=1S/C16H17N3O5S/c1-10-5-13(19-24-10)18-15(21)9-25-8-14(20)17-12-4-2-3-11(6-12)7-16(22)23/h2-6H,7-9H2,1H3,(H,17,20)(H,22,23)(H,18,19,21). The van der Waals surface area contributed by atoms with Gasteiger partial charge >= 0.3 is 5.97 Å². The normalized spacial score (nSPS) is 10.3. The number of nitrogens with zero attached hydrogens (tertiary/aromatic N) is 1. The van der Waals surface area contributed by atoms with Crippen LogP contribution in [0, 0.1) is 6.92 Å². The number of carbonyl (C=O) groups is 3. The van der Waals surface area contributed by atoms with Crippen molar-refractivity contribution in [2.45, 2.75) is 13.3 Å². The Hall–Kier alpha value is -2.81. The van der Waals surface area contributed by atoms with Crippen molar-refractivity contribution in [3.63, 3.8) is 0 Å². The summed E-state index contributed by atoms with van der Waals surface area (Å²) in [6.45, 7) is 1.72. The Kier molecular flexibility index (Phi) is 6.58. The lowest BCUT2D eigenvalue weighted by atomic mass is 10.1. The van der Waals surface area contributed by atoms with Gasteiger partial charge in [0, 0.05) is 11.8 Å². The van der Waals surface area contributed by atoms with Crippen LogP contribution >= 0.6 is 11.8 Å². The highest BCUT2D eigenvalue weighted by molar-refractivity contribution is 8.00. The number of carbonyl (C=O) groups excluding carboxylic acids is 2. The molecule has 25 heavy (non-hydrogen) atoms. The second-order valence-corrected chi connectivity index (χ2v) is 6.17. The van der Waals surface area contributed by atoms with Gasteiger partial charge in [0.15, 0.2) is 5.82 Å². The number of carboxylic acids is 1. The van der Waals surface area contributed by atoms with Gasteiger partial charge in [-0.15, -0.1) is 11.8 Å². The lowest BCUT2D eigenvalue weighted by molar-refractivity contribution is -0.136. The number of anilines is 2. The fraction of sp³-hybridized carbons (Fsp3) is 0.250. The average molecular weight is 363 g/mol. The fourth-order valence-electron chi connectivity index (χ4n) is 1.97. The van der Waals surface area contributed by atoms with Gasteiger partial charge in [0.1, 0.15) is 5.76 Å². The van der Waals surface area contributed by atoms with Crippen LogP contribution in [0.5, 0.6) is 0 Å². The molecular formula is C16H17N3O5S. The summed E-state index contributed by atoms with van der Waals surface area (Å²) in [4.78, 5) is 34.3. The number of hydrogen-bond acceptors (Lipinski definition) is 6. The number of aliphatic carboxylic acids is 1. The van der Waals surface area contributed by atoms with E-state index >= 15 is 0 Å². The molecule has 0 bridgehead atoms. The van der Waals surface area contributed by atoms with Gasteiger partial charge in [0.05, 0.1) is 17.9 Å². The average Bonchev–Trinajstić information content (AvgIpc) is 2.91. The first kappa shape index (κ1) is 18.5. The maximum absolute atomic E-state index is 11.9. The highest BCUT2D eigenvalue weighted by Crippen LogP contribution is 2.13. The van der Waals surface area contributed by atoms with E-state index in [4.69, 9.17) is 9.63 Å². The molecule has 3 N–H and O–H groups in total. The zero-order valence-corrected chi connectivity index (χ0v) is 14.3. The number of amides is 2. The van der Waals surface area contributed by atoms with Gasteiger partial charge in [-0.3, -0.25) is 14.4 Å². The van der Waals surface area contributed by atoms with Gasteiger partial charge in [-0.25, -0.2) is 0 Å². The molecule has 2 aromatic rings. The number of aryl methyl sites for hydroxylation is 1. The zero-order valence-electron chi connectivity index (χ0n) is 13.4. The first-order valence-electron chi connectivity index (χ1n) is 7.34. The predicted octanol–water partition coefficient (Wildman–Crippen LogP) is 1.92. The predicted molar refractivity (Wildman–Crippen MR) is 93.6 cm³/mol. The molecule has 2 amide bonds. The third-order valence-electron chi connectivity index (χ3n) is 2.93. The fourth-order valence-corrected chi connectivity index (χ4v) is 2.59. The topological polar surface area (TPSA) is 122 Å². The maximum atomic E-state index is 11.9. The van der Waals surface area contributed by atoms with E-state index in [9.17, 15) is 14.4 Å². The summed E-state index contributed by atoms with van der Waals surface area (Å²) in [5.41, 5.74) is 1.12. The van der Waals surface area contributed by atoms with Crippen molar-refractivity contribution < 1.29 is 24.0 Å². The van der Waals surface area contributed by atoms with Crippen molar-refractivity contribution >= 4 is 41.1 Å². The molecule has 1 aromatic carbocycles. The molecule has 8 nitrogen and oxygen atoms in total. The molecule has 0 aliphatic heterocycles. The Morgan fingerprint density at radius 1 is 1.16 bits per heavy atom. The van der Waals surface area contributed by atoms with Crippen LogP contribution in [-0.4, -0.2) is 39.6 Å². The molecule has 132 valence electrons. The molecule has 0 fully saturated rings. The Balaban J connectivity index is 1.73. The van der Waals surface area contributed by atoms with Crippen molar-refractivity contribution in [3.05, 3.63) is 41.7 Å². The monoisotopic (exact) mass is 363 g/mol. The van der Waals surface area contributed by atoms with Crippen LogP contribution in [0.15, 0.2) is 34.9 Å². The number of aromatic nitrogens is 1. The van der Waals surface area contributed by atoms with Crippen LogP contribution in [0.4, 0.5) is 11.5 Å². The van der Waals surface area contributed by atoms with E-state index < -0.39 is 5.97 Å². The zero-order chi connectivity index (χ0) is 18.2. The molecular weight excluding hydrogens is 346 g/mol. The van der Waals surface area contributed by atoms with Gasteiger partial charge in [-0.2, -0.15) is 0 Å². The number of rotatable bonds is 8. The van der Waals surface area contributed by atoms with Crippen molar-refractivity contribution in [2.24, 2.45) is 0 Å². The van der Waals surface area contributed by atoms with Crippen LogP contribution in [0.3, 0.4) is 0 Å². The summed E-state index contributed by atoms with van der Waals surface area (Å²) in [7, 11) is 0. The van der Waals surface area contributed by atoms with Gasteiger partial charge in [0.25, 0.3) is 0 Å². The van der Waals surface area contributed by atoms with Crippen molar-refractivity contribution in [1.29, 1.82) is 0 Å². The summed E-state index contributed by atoms with van der Waals surface area (Å²) in [6.07, 6.45) is -0.111. The third kappa shape index (κ3) is 6.68. The van der Waals surface area contributed by atoms with Crippen LogP contribution in [-0.2, 0) is 20.8 Å². The smallest absolute Gasteiger partial charge is 0.307 e. The number of hydrogen-bond donors (Lipinski definition) is 3. The number of benzene rings is 1. The molecule has 0 spiro atoms. The summed E-state index contributed by atoms with van der Waals surface area (Å²) < 4.78 is 4.84. The quantitative estimate of drug-likeness (QED) is 0.655. The van der Waals surface area contributed by atoms with E-state index in [2.05, 4.69) is 15.8 Å². The van der Waals surface area contributed by atoms with Gasteiger partial charge in [-0.1, -0.05) is 17.3 Å². The summed E-state index contributed by atoms with van der Waals surface area (Å²) in [5.74, 6) is -0.382. The van der Waals surface area contributed by atoms with E-state index in [1.807, 2.05) is 0 Å². The first-order valence-corrected chi connectivity index (χ1v) is 8.49. The van der Waals surface area contributed by atoms with Crippen LogP contribution < -0.4 is 10.6 Å². The SMILES string of the molecule is Cc1cc(NC(=O)CSCC(=O)Nc2cccc(CC(=O)O)c2)no1. The van der Waals surface area contributed by atoms with Crippen LogP contribution in [0.25, 0.3) is 0 Å². The molecule has 0 atom stereocenters. The minimum Gasteiger partial charge on any atom is -0.481 e. The number of carboxylic acid groups (broad SMARTS) is 1. The van der Waals surface area contributed by atoms with E-state index in [0.29, 0.717) is 22.8 Å². The molecule has 0 aliphatic carbocycles.